The number of carboxylic acid groups (broad SMARTS) is 1. The predicted octanol–water partition coefficient (Wildman–Crippen LogP) is 0.729. The molecule has 0 spiro atoms. The number of aliphatic carboxylic acids is 1. The molecule has 0 bridgehead atoms. The van der Waals surface area contributed by atoms with Crippen LogP contribution in [0.25, 0.3) is 0 Å². The van der Waals surface area contributed by atoms with Crippen molar-refractivity contribution in [3.63, 3.8) is 0 Å². The van der Waals surface area contributed by atoms with Crippen LogP contribution in [0.4, 0.5) is 0 Å². The van der Waals surface area contributed by atoms with Crippen molar-refractivity contribution < 1.29 is 14.7 Å². The summed E-state index contributed by atoms with van der Waals surface area (Å²) in [7, 11) is 0. The molecule has 0 aliphatic heterocycles. The van der Waals surface area contributed by atoms with Crippen molar-refractivity contribution in [2.24, 2.45) is 11.7 Å². The second kappa shape index (κ2) is 7.22. The number of nitrogens with two attached hydrogens (primary N) is 1. The highest BCUT2D eigenvalue weighted by Crippen LogP contribution is 2.04. The van der Waals surface area contributed by atoms with Crippen LogP contribution >= 0.6 is 0 Å². The highest BCUT2D eigenvalue weighted by Gasteiger charge is 2.25. The maximum atomic E-state index is 11.6. The molecule has 1 unspecified atom stereocenters. The topological polar surface area (TPSA) is 92.4 Å². The first-order valence-electron chi connectivity index (χ1n) is 5.68. The van der Waals surface area contributed by atoms with Gasteiger partial charge in [0.2, 0.25) is 5.91 Å². The van der Waals surface area contributed by atoms with Crippen molar-refractivity contribution in [2.75, 3.05) is 0 Å². The summed E-state index contributed by atoms with van der Waals surface area (Å²) >= 11 is 0. The zero-order valence-corrected chi connectivity index (χ0v) is 10.2. The summed E-state index contributed by atoms with van der Waals surface area (Å²) in [5.41, 5.74) is 5.65. The standard InChI is InChI=1S/C11H22N2O3/c1-4-5-6-8(12)10(14)13-9(7(2)3)11(15)16/h7-9H,4-6,12H2,1-3H3,(H,13,14)(H,15,16)/t8-,9?/m0/s1. The van der Waals surface area contributed by atoms with E-state index in [4.69, 9.17) is 10.8 Å². The third-order valence-corrected chi connectivity index (χ3v) is 2.44. The van der Waals surface area contributed by atoms with E-state index in [0.717, 1.165) is 12.8 Å². The van der Waals surface area contributed by atoms with E-state index in [1.54, 1.807) is 13.8 Å². The second-order valence-corrected chi connectivity index (χ2v) is 4.32. The molecule has 1 amide bonds. The molecule has 0 rings (SSSR count). The van der Waals surface area contributed by atoms with Gasteiger partial charge in [0.25, 0.3) is 0 Å². The summed E-state index contributed by atoms with van der Waals surface area (Å²) in [6, 6.07) is -1.47. The predicted molar refractivity (Wildman–Crippen MR) is 61.9 cm³/mol. The van der Waals surface area contributed by atoms with Gasteiger partial charge in [-0.3, -0.25) is 4.79 Å². The Morgan fingerprint density at radius 2 is 1.94 bits per heavy atom. The highest BCUT2D eigenvalue weighted by atomic mass is 16.4. The van der Waals surface area contributed by atoms with E-state index >= 15 is 0 Å². The van der Waals surface area contributed by atoms with Crippen LogP contribution in [-0.4, -0.2) is 29.1 Å². The number of carbonyl (C=O) groups excluding carboxylic acids is 1. The first-order valence-corrected chi connectivity index (χ1v) is 5.68. The molecule has 0 aliphatic carbocycles. The van der Waals surface area contributed by atoms with Gasteiger partial charge in [-0.05, 0) is 12.3 Å². The van der Waals surface area contributed by atoms with E-state index in [9.17, 15) is 9.59 Å². The normalized spacial score (nSPS) is 14.6. The Balaban J connectivity index is 4.24. The van der Waals surface area contributed by atoms with Gasteiger partial charge in [0.15, 0.2) is 0 Å². The molecule has 0 saturated carbocycles. The summed E-state index contributed by atoms with van der Waals surface area (Å²) in [5.74, 6) is -1.56. The van der Waals surface area contributed by atoms with Gasteiger partial charge in [0, 0.05) is 0 Å². The fraction of sp³-hybridized carbons (Fsp3) is 0.818. The van der Waals surface area contributed by atoms with Crippen LogP contribution in [0.15, 0.2) is 0 Å². The molecule has 94 valence electrons. The Kier molecular flexibility index (Phi) is 6.72. The van der Waals surface area contributed by atoms with E-state index in [-0.39, 0.29) is 11.8 Å². The number of carboxylic acids is 1. The molecule has 0 aromatic rings. The molecule has 5 nitrogen and oxygen atoms in total. The molecule has 0 saturated heterocycles. The summed E-state index contributed by atoms with van der Waals surface area (Å²) in [4.78, 5) is 22.4. The molecule has 0 aromatic carbocycles. The van der Waals surface area contributed by atoms with E-state index in [1.807, 2.05) is 6.92 Å². The molecule has 0 aliphatic rings. The van der Waals surface area contributed by atoms with Gasteiger partial charge in [0.1, 0.15) is 6.04 Å². The van der Waals surface area contributed by atoms with E-state index in [1.165, 1.54) is 0 Å². The third kappa shape index (κ3) is 5.11. The maximum Gasteiger partial charge on any atom is 0.326 e. The molecule has 2 atom stereocenters. The number of carbonyl (C=O) groups is 2. The summed E-state index contributed by atoms with van der Waals surface area (Å²) in [6.07, 6.45) is 2.42. The maximum absolute atomic E-state index is 11.6. The zero-order valence-electron chi connectivity index (χ0n) is 10.2. The van der Waals surface area contributed by atoms with Crippen molar-refractivity contribution in [3.05, 3.63) is 0 Å². The SMILES string of the molecule is CCCC[C@H](N)C(=O)NC(C(=O)O)C(C)C. The van der Waals surface area contributed by atoms with Gasteiger partial charge >= 0.3 is 5.97 Å². The lowest BCUT2D eigenvalue weighted by Gasteiger charge is -2.20. The van der Waals surface area contributed by atoms with Crippen LogP contribution in [0, 0.1) is 5.92 Å². The van der Waals surface area contributed by atoms with Crippen molar-refractivity contribution in [1.29, 1.82) is 0 Å². The van der Waals surface area contributed by atoms with Gasteiger partial charge in [-0.25, -0.2) is 4.79 Å². The van der Waals surface area contributed by atoms with Crippen molar-refractivity contribution >= 4 is 11.9 Å². The Labute approximate surface area is 96.4 Å². The average molecular weight is 230 g/mol. The summed E-state index contributed by atoms with van der Waals surface area (Å²) < 4.78 is 0. The van der Waals surface area contributed by atoms with Gasteiger partial charge < -0.3 is 16.2 Å². The first-order chi connectivity index (χ1) is 7.40. The van der Waals surface area contributed by atoms with Crippen LogP contribution in [-0.2, 0) is 9.59 Å². The molecular weight excluding hydrogens is 208 g/mol. The minimum Gasteiger partial charge on any atom is -0.480 e. The number of hydrogen-bond acceptors (Lipinski definition) is 3. The minimum atomic E-state index is -1.02. The van der Waals surface area contributed by atoms with Crippen LogP contribution in [0.3, 0.4) is 0 Å². The molecule has 0 fully saturated rings. The second-order valence-electron chi connectivity index (χ2n) is 4.32. The van der Waals surface area contributed by atoms with Crippen LogP contribution in [0.1, 0.15) is 40.0 Å². The number of hydrogen-bond donors (Lipinski definition) is 3. The molecular formula is C11H22N2O3. The molecule has 16 heavy (non-hydrogen) atoms. The highest BCUT2D eigenvalue weighted by molar-refractivity contribution is 5.86. The number of rotatable bonds is 7. The Morgan fingerprint density at radius 3 is 2.31 bits per heavy atom. The average Bonchev–Trinajstić information content (AvgIpc) is 2.20. The van der Waals surface area contributed by atoms with Gasteiger partial charge in [0.05, 0.1) is 6.04 Å². The fourth-order valence-electron chi connectivity index (χ4n) is 1.33. The number of nitrogens with one attached hydrogen (secondary N) is 1. The molecule has 4 N–H and O–H groups in total. The van der Waals surface area contributed by atoms with Crippen molar-refractivity contribution in [3.8, 4) is 0 Å². The quantitative estimate of drug-likeness (QED) is 0.601. The first kappa shape index (κ1) is 14.9. The Hall–Kier alpha value is -1.10. The zero-order chi connectivity index (χ0) is 12.7. The minimum absolute atomic E-state index is 0.153. The summed E-state index contributed by atoms with van der Waals surface area (Å²) in [6.45, 7) is 5.51. The smallest absolute Gasteiger partial charge is 0.326 e. The molecule has 0 heterocycles. The van der Waals surface area contributed by atoms with Crippen molar-refractivity contribution in [2.45, 2.75) is 52.1 Å². The fourth-order valence-corrected chi connectivity index (χ4v) is 1.33. The van der Waals surface area contributed by atoms with E-state index in [0.29, 0.717) is 6.42 Å². The number of amides is 1. The molecule has 0 radical (unpaired) electrons. The van der Waals surface area contributed by atoms with Crippen LogP contribution in [0.2, 0.25) is 0 Å². The Bertz CT molecular complexity index is 241. The third-order valence-electron chi connectivity index (χ3n) is 2.44. The lowest BCUT2D eigenvalue weighted by molar-refractivity contribution is -0.143. The van der Waals surface area contributed by atoms with E-state index < -0.39 is 18.1 Å². The molecule has 5 heteroatoms. The van der Waals surface area contributed by atoms with Gasteiger partial charge in [-0.2, -0.15) is 0 Å². The number of unbranched alkanes of at least 4 members (excludes halogenated alkanes) is 1. The Morgan fingerprint density at radius 1 is 1.38 bits per heavy atom. The van der Waals surface area contributed by atoms with Gasteiger partial charge in [-0.15, -0.1) is 0 Å². The lowest BCUT2D eigenvalue weighted by Crippen LogP contribution is -2.50. The van der Waals surface area contributed by atoms with Crippen LogP contribution < -0.4 is 11.1 Å². The largest absolute Gasteiger partial charge is 0.480 e. The molecule has 0 aromatic heterocycles. The van der Waals surface area contributed by atoms with E-state index in [2.05, 4.69) is 5.32 Å². The summed E-state index contributed by atoms with van der Waals surface area (Å²) in [5, 5.41) is 11.4. The van der Waals surface area contributed by atoms with Crippen molar-refractivity contribution in [1.82, 2.24) is 5.32 Å². The van der Waals surface area contributed by atoms with Gasteiger partial charge in [-0.1, -0.05) is 33.6 Å². The lowest BCUT2D eigenvalue weighted by atomic mass is 10.0. The monoisotopic (exact) mass is 230 g/mol. The van der Waals surface area contributed by atoms with Crippen LogP contribution in [0.5, 0.6) is 0 Å².